The number of nitrogens with two attached hydrogens (primary N) is 1. The summed E-state index contributed by atoms with van der Waals surface area (Å²) in [6.45, 7) is 2.37. The van der Waals surface area contributed by atoms with Crippen LogP contribution in [-0.2, 0) is 4.84 Å². The molecule has 1 aliphatic heterocycles. The van der Waals surface area contributed by atoms with Gasteiger partial charge in [-0.05, 0) is 25.1 Å². The summed E-state index contributed by atoms with van der Waals surface area (Å²) in [6.07, 6.45) is 0.702. The van der Waals surface area contributed by atoms with Gasteiger partial charge in [-0.1, -0.05) is 12.1 Å². The van der Waals surface area contributed by atoms with E-state index in [-0.39, 0.29) is 0 Å². The maximum absolute atomic E-state index is 11.9. The number of carbonyl (C=O) groups excluding carboxylic acids is 2. The monoisotopic (exact) mass is 263 g/mol. The summed E-state index contributed by atoms with van der Waals surface area (Å²) in [6, 6.07) is 6.71. The second kappa shape index (κ2) is 6.42. The zero-order valence-electron chi connectivity index (χ0n) is 10.6. The van der Waals surface area contributed by atoms with E-state index in [0.29, 0.717) is 30.7 Å². The maximum Gasteiger partial charge on any atom is 0.285 e. The van der Waals surface area contributed by atoms with Crippen molar-refractivity contribution in [3.63, 3.8) is 0 Å². The second-order valence-corrected chi connectivity index (χ2v) is 4.18. The Hall–Kier alpha value is -1.76. The highest BCUT2D eigenvalue weighted by molar-refractivity contribution is 6.20. The number of amides is 2. The zero-order chi connectivity index (χ0) is 13.7. The van der Waals surface area contributed by atoms with Crippen LogP contribution in [-0.4, -0.2) is 43.1 Å². The smallest absolute Gasteiger partial charge is 0.285 e. The first-order chi connectivity index (χ1) is 9.25. The summed E-state index contributed by atoms with van der Waals surface area (Å²) in [5, 5.41) is 3.95. The van der Waals surface area contributed by atoms with Crippen LogP contribution in [0.2, 0.25) is 0 Å². The number of benzene rings is 1. The first kappa shape index (κ1) is 13.7. The fraction of sp³-hybridized carbons (Fsp3) is 0.385. The molecule has 102 valence electrons. The molecule has 0 atom stereocenters. The Kier molecular flexibility index (Phi) is 4.62. The average Bonchev–Trinajstić information content (AvgIpc) is 2.68. The Balaban J connectivity index is 1.83. The van der Waals surface area contributed by atoms with Crippen molar-refractivity contribution >= 4 is 11.8 Å². The van der Waals surface area contributed by atoms with Gasteiger partial charge in [0.25, 0.3) is 11.8 Å². The fourth-order valence-corrected chi connectivity index (χ4v) is 1.86. The molecule has 0 bridgehead atoms. The van der Waals surface area contributed by atoms with Crippen LogP contribution in [0, 0.1) is 0 Å². The van der Waals surface area contributed by atoms with E-state index in [9.17, 15) is 9.59 Å². The van der Waals surface area contributed by atoms with Crippen LogP contribution in [0.4, 0.5) is 0 Å². The Labute approximate surface area is 111 Å². The number of hydrogen-bond acceptors (Lipinski definition) is 5. The first-order valence-corrected chi connectivity index (χ1v) is 6.27. The minimum Gasteiger partial charge on any atom is -0.329 e. The number of hydrogen-bond donors (Lipinski definition) is 2. The third-order valence-electron chi connectivity index (χ3n) is 2.80. The maximum atomic E-state index is 11.9. The van der Waals surface area contributed by atoms with Crippen LogP contribution in [0.1, 0.15) is 27.1 Å². The summed E-state index contributed by atoms with van der Waals surface area (Å²) in [4.78, 5) is 29.1. The second-order valence-electron chi connectivity index (χ2n) is 4.18. The molecule has 0 aromatic heterocycles. The quantitative estimate of drug-likeness (QED) is 0.540. The van der Waals surface area contributed by atoms with Crippen LogP contribution in [0.15, 0.2) is 24.3 Å². The fourth-order valence-electron chi connectivity index (χ4n) is 1.86. The van der Waals surface area contributed by atoms with Crippen molar-refractivity contribution in [3.8, 4) is 0 Å². The van der Waals surface area contributed by atoms with Gasteiger partial charge in [0, 0.05) is 13.1 Å². The van der Waals surface area contributed by atoms with E-state index in [1.807, 2.05) is 0 Å². The van der Waals surface area contributed by atoms with Crippen molar-refractivity contribution in [2.45, 2.75) is 6.42 Å². The molecule has 0 aliphatic carbocycles. The molecular weight excluding hydrogens is 246 g/mol. The molecular formula is C13H17N3O3. The molecule has 0 saturated heterocycles. The van der Waals surface area contributed by atoms with Gasteiger partial charge in [0.05, 0.1) is 17.7 Å². The molecule has 0 fully saturated rings. The zero-order valence-corrected chi connectivity index (χ0v) is 10.6. The molecule has 1 heterocycles. The standard InChI is InChI=1S/C13H17N3O3/c14-6-8-15-7-3-9-19-16-12(17)10-4-1-2-5-11(10)13(16)18/h1-2,4-5,15H,3,6-9,14H2. The van der Waals surface area contributed by atoms with E-state index in [1.54, 1.807) is 24.3 Å². The van der Waals surface area contributed by atoms with E-state index in [0.717, 1.165) is 18.2 Å². The molecule has 1 aromatic carbocycles. The molecule has 1 aromatic rings. The van der Waals surface area contributed by atoms with Gasteiger partial charge in [-0.25, -0.2) is 0 Å². The van der Waals surface area contributed by atoms with Crippen LogP contribution in [0.5, 0.6) is 0 Å². The van der Waals surface area contributed by atoms with E-state index >= 15 is 0 Å². The third-order valence-corrected chi connectivity index (χ3v) is 2.80. The van der Waals surface area contributed by atoms with Crippen LogP contribution >= 0.6 is 0 Å². The van der Waals surface area contributed by atoms with Gasteiger partial charge >= 0.3 is 0 Å². The van der Waals surface area contributed by atoms with E-state index < -0.39 is 11.8 Å². The number of nitrogens with one attached hydrogen (secondary N) is 1. The Morgan fingerprint density at radius 2 is 1.74 bits per heavy atom. The van der Waals surface area contributed by atoms with Gasteiger partial charge in [-0.3, -0.25) is 14.4 Å². The number of nitrogens with zero attached hydrogens (tertiary/aromatic N) is 1. The number of carbonyl (C=O) groups is 2. The summed E-state index contributed by atoms with van der Waals surface area (Å²) < 4.78 is 0. The SMILES string of the molecule is NCCNCCCON1C(=O)c2ccccc2C1=O. The highest BCUT2D eigenvalue weighted by Crippen LogP contribution is 2.22. The van der Waals surface area contributed by atoms with E-state index in [4.69, 9.17) is 10.6 Å². The molecule has 0 radical (unpaired) electrons. The molecule has 0 unspecified atom stereocenters. The highest BCUT2D eigenvalue weighted by Gasteiger charge is 2.36. The predicted molar refractivity (Wildman–Crippen MR) is 69.4 cm³/mol. The van der Waals surface area contributed by atoms with Crippen molar-refractivity contribution in [2.75, 3.05) is 26.2 Å². The summed E-state index contributed by atoms with van der Waals surface area (Å²) in [5.74, 6) is -0.786. The lowest BCUT2D eigenvalue weighted by molar-refractivity contribution is -0.0917. The van der Waals surface area contributed by atoms with Gasteiger partial charge in [0.15, 0.2) is 0 Å². The Morgan fingerprint density at radius 1 is 1.11 bits per heavy atom. The van der Waals surface area contributed by atoms with Gasteiger partial charge in [0.1, 0.15) is 0 Å². The highest BCUT2D eigenvalue weighted by atomic mass is 16.7. The van der Waals surface area contributed by atoms with Gasteiger partial charge in [-0.2, -0.15) is 0 Å². The van der Waals surface area contributed by atoms with Crippen LogP contribution in [0.3, 0.4) is 0 Å². The molecule has 0 saturated carbocycles. The van der Waals surface area contributed by atoms with Crippen molar-refractivity contribution in [2.24, 2.45) is 5.73 Å². The minimum absolute atomic E-state index is 0.309. The topological polar surface area (TPSA) is 84.7 Å². The number of fused-ring (bicyclic) bond motifs is 1. The summed E-state index contributed by atoms with van der Waals surface area (Å²) in [7, 11) is 0. The van der Waals surface area contributed by atoms with Crippen molar-refractivity contribution in [1.29, 1.82) is 0 Å². The van der Waals surface area contributed by atoms with Crippen molar-refractivity contribution in [3.05, 3.63) is 35.4 Å². The van der Waals surface area contributed by atoms with E-state index in [2.05, 4.69) is 5.32 Å². The molecule has 6 heteroatoms. The van der Waals surface area contributed by atoms with E-state index in [1.165, 1.54) is 0 Å². The number of hydroxylamine groups is 2. The molecule has 6 nitrogen and oxygen atoms in total. The predicted octanol–water partition coefficient (Wildman–Crippen LogP) is 0.153. The molecule has 2 rings (SSSR count). The largest absolute Gasteiger partial charge is 0.329 e. The third kappa shape index (κ3) is 2.98. The first-order valence-electron chi connectivity index (χ1n) is 6.27. The number of imide groups is 1. The molecule has 19 heavy (non-hydrogen) atoms. The Morgan fingerprint density at radius 3 is 2.32 bits per heavy atom. The normalized spacial score (nSPS) is 14.1. The summed E-state index contributed by atoms with van der Waals surface area (Å²) in [5.41, 5.74) is 6.13. The summed E-state index contributed by atoms with van der Waals surface area (Å²) >= 11 is 0. The van der Waals surface area contributed by atoms with Gasteiger partial charge in [0.2, 0.25) is 0 Å². The molecule has 2 amide bonds. The molecule has 1 aliphatic rings. The van der Waals surface area contributed by atoms with Crippen LogP contribution < -0.4 is 11.1 Å². The minimum atomic E-state index is -0.393. The number of rotatable bonds is 7. The Bertz CT molecular complexity index is 441. The van der Waals surface area contributed by atoms with Crippen LogP contribution in [0.25, 0.3) is 0 Å². The lowest BCUT2D eigenvalue weighted by Gasteiger charge is -2.13. The van der Waals surface area contributed by atoms with Gasteiger partial charge in [-0.15, -0.1) is 5.06 Å². The molecule has 0 spiro atoms. The van der Waals surface area contributed by atoms with Crippen molar-refractivity contribution < 1.29 is 14.4 Å². The lowest BCUT2D eigenvalue weighted by Crippen LogP contribution is -2.31. The average molecular weight is 263 g/mol. The lowest BCUT2D eigenvalue weighted by atomic mass is 10.1. The molecule has 3 N–H and O–H groups in total. The van der Waals surface area contributed by atoms with Crippen molar-refractivity contribution in [1.82, 2.24) is 10.4 Å². The van der Waals surface area contributed by atoms with Gasteiger partial charge < -0.3 is 11.1 Å².